The third kappa shape index (κ3) is 4.41. The fraction of sp³-hybridized carbons (Fsp3) is 0.265. The molecule has 190 valence electrons. The molecule has 38 heavy (non-hydrogen) atoms. The maximum absolute atomic E-state index is 13.3. The molecule has 1 heterocycles. The summed E-state index contributed by atoms with van der Waals surface area (Å²) in [4.78, 5) is 14.6. The number of carbonyl (C=O) groups excluding carboxylic acids is 1. The van der Waals surface area contributed by atoms with Crippen molar-refractivity contribution < 1.29 is 4.79 Å². The van der Waals surface area contributed by atoms with Gasteiger partial charge in [0.1, 0.15) is 0 Å². The number of rotatable bonds is 6. The van der Waals surface area contributed by atoms with Gasteiger partial charge in [-0.25, -0.2) is 0 Å². The lowest BCUT2D eigenvalue weighted by Crippen LogP contribution is -2.35. The molecule has 0 saturated heterocycles. The minimum atomic E-state index is -0.0379. The number of benzene rings is 4. The van der Waals surface area contributed by atoms with E-state index in [1.165, 1.54) is 46.5 Å². The summed E-state index contributed by atoms with van der Waals surface area (Å²) in [5.74, 6) is 3.50. The molecule has 0 aromatic heterocycles. The second kappa shape index (κ2) is 9.99. The number of hydrogen-bond acceptors (Lipinski definition) is 3. The second-order valence-electron chi connectivity index (χ2n) is 11.0. The minimum Gasteiger partial charge on any atom is -0.378 e. The SMILES string of the molecule is O=C(Nc1ccc(CSc2ccccc2)cc1)c1ccc2c(c1)[C@@H]1[C@H]3CC[C@@H](C3)[C@H]1[C@@H](c1ccccc1)N2. The third-order valence-corrected chi connectivity index (χ3v) is 9.95. The highest BCUT2D eigenvalue weighted by atomic mass is 32.2. The summed E-state index contributed by atoms with van der Waals surface area (Å²) in [5, 5.41) is 7.01. The number of carbonyl (C=O) groups is 1. The van der Waals surface area contributed by atoms with Gasteiger partial charge < -0.3 is 10.6 Å². The molecular formula is C34H32N2OS. The molecule has 0 radical (unpaired) electrons. The van der Waals surface area contributed by atoms with Crippen LogP contribution in [0.25, 0.3) is 0 Å². The zero-order valence-corrected chi connectivity index (χ0v) is 22.2. The van der Waals surface area contributed by atoms with E-state index in [0.717, 1.165) is 28.8 Å². The van der Waals surface area contributed by atoms with Crippen LogP contribution in [0.1, 0.15) is 58.3 Å². The average molecular weight is 517 g/mol. The van der Waals surface area contributed by atoms with E-state index in [4.69, 9.17) is 0 Å². The normalized spacial score (nSPS) is 24.8. The molecule has 5 atom stereocenters. The highest BCUT2D eigenvalue weighted by Gasteiger charge is 2.53. The van der Waals surface area contributed by atoms with Gasteiger partial charge in [-0.05, 0) is 102 Å². The summed E-state index contributed by atoms with van der Waals surface area (Å²) >= 11 is 1.82. The van der Waals surface area contributed by atoms with Gasteiger partial charge in [0.2, 0.25) is 0 Å². The molecule has 4 heteroatoms. The smallest absolute Gasteiger partial charge is 0.255 e. The van der Waals surface area contributed by atoms with E-state index in [1.54, 1.807) is 0 Å². The lowest BCUT2D eigenvalue weighted by molar-refractivity contribution is 0.102. The van der Waals surface area contributed by atoms with E-state index in [1.807, 2.05) is 36.0 Å². The van der Waals surface area contributed by atoms with Crippen molar-refractivity contribution in [3.8, 4) is 0 Å². The molecular weight excluding hydrogens is 484 g/mol. The summed E-state index contributed by atoms with van der Waals surface area (Å²) in [6.45, 7) is 0. The molecule has 3 nitrogen and oxygen atoms in total. The zero-order valence-electron chi connectivity index (χ0n) is 21.3. The lowest BCUT2D eigenvalue weighted by Gasteiger charge is -2.43. The second-order valence-corrected chi connectivity index (χ2v) is 12.1. The van der Waals surface area contributed by atoms with Crippen molar-refractivity contribution in [3.05, 3.63) is 125 Å². The Bertz CT molecular complexity index is 1440. The van der Waals surface area contributed by atoms with E-state index >= 15 is 0 Å². The van der Waals surface area contributed by atoms with Crippen LogP contribution in [0.2, 0.25) is 0 Å². The van der Waals surface area contributed by atoms with Gasteiger partial charge in [0.15, 0.2) is 0 Å². The van der Waals surface area contributed by atoms with E-state index in [9.17, 15) is 4.79 Å². The van der Waals surface area contributed by atoms with Crippen molar-refractivity contribution in [2.75, 3.05) is 10.6 Å². The van der Waals surface area contributed by atoms with Gasteiger partial charge in [0, 0.05) is 27.6 Å². The molecule has 2 N–H and O–H groups in total. The Morgan fingerprint density at radius 2 is 1.58 bits per heavy atom. The summed E-state index contributed by atoms with van der Waals surface area (Å²) in [7, 11) is 0. The number of nitrogens with one attached hydrogen (secondary N) is 2. The van der Waals surface area contributed by atoms with Crippen molar-refractivity contribution in [1.82, 2.24) is 0 Å². The highest BCUT2D eigenvalue weighted by molar-refractivity contribution is 7.98. The standard InChI is InChI=1S/C34H32N2OS/c37-34(35-27-16-11-22(12-17-27)21-38-28-9-5-2-6-10-28)26-15-18-30-29(20-26)31-24-13-14-25(19-24)32(31)33(36-30)23-7-3-1-4-8-23/h1-12,15-18,20,24-25,31-33,36H,13-14,19,21H2,(H,35,37)/t24-,25-,31-,32+,33+/m0/s1. The Balaban J connectivity index is 1.08. The first-order valence-electron chi connectivity index (χ1n) is 13.8. The van der Waals surface area contributed by atoms with Crippen LogP contribution in [-0.4, -0.2) is 5.91 Å². The van der Waals surface area contributed by atoms with Crippen molar-refractivity contribution in [1.29, 1.82) is 0 Å². The number of thioether (sulfide) groups is 1. The maximum Gasteiger partial charge on any atom is 0.255 e. The van der Waals surface area contributed by atoms with Crippen LogP contribution in [-0.2, 0) is 5.75 Å². The monoisotopic (exact) mass is 516 g/mol. The molecule has 4 aromatic carbocycles. The topological polar surface area (TPSA) is 41.1 Å². The molecule has 0 unspecified atom stereocenters. The van der Waals surface area contributed by atoms with Gasteiger partial charge in [-0.15, -0.1) is 11.8 Å². The minimum absolute atomic E-state index is 0.0379. The fourth-order valence-electron chi connectivity index (χ4n) is 7.19. The van der Waals surface area contributed by atoms with Crippen LogP contribution >= 0.6 is 11.8 Å². The molecule has 1 aliphatic heterocycles. The Kier molecular flexibility index (Phi) is 6.21. The van der Waals surface area contributed by atoms with Crippen LogP contribution in [0.4, 0.5) is 11.4 Å². The molecule has 2 fully saturated rings. The first-order chi connectivity index (χ1) is 18.7. The number of amides is 1. The number of hydrogen-bond donors (Lipinski definition) is 2. The first-order valence-corrected chi connectivity index (χ1v) is 14.7. The van der Waals surface area contributed by atoms with Crippen LogP contribution in [0, 0.1) is 17.8 Å². The molecule has 2 bridgehead atoms. The molecule has 4 aromatic rings. The Morgan fingerprint density at radius 3 is 2.37 bits per heavy atom. The van der Waals surface area contributed by atoms with Crippen molar-refractivity contribution in [3.63, 3.8) is 0 Å². The summed E-state index contributed by atoms with van der Waals surface area (Å²) in [6.07, 6.45) is 3.98. The van der Waals surface area contributed by atoms with Gasteiger partial charge in [-0.2, -0.15) is 0 Å². The van der Waals surface area contributed by atoms with Gasteiger partial charge in [0.25, 0.3) is 5.91 Å². The van der Waals surface area contributed by atoms with E-state index in [0.29, 0.717) is 17.9 Å². The molecule has 7 rings (SSSR count). The summed E-state index contributed by atoms with van der Waals surface area (Å²) in [6, 6.07) is 36.2. The van der Waals surface area contributed by atoms with Gasteiger partial charge in [0.05, 0.1) is 6.04 Å². The fourth-order valence-corrected chi connectivity index (χ4v) is 8.06. The number of anilines is 2. The van der Waals surface area contributed by atoms with Gasteiger partial charge in [-0.3, -0.25) is 4.79 Å². The molecule has 0 spiro atoms. The van der Waals surface area contributed by atoms with Gasteiger partial charge in [-0.1, -0.05) is 60.7 Å². The van der Waals surface area contributed by atoms with Crippen LogP contribution in [0.5, 0.6) is 0 Å². The highest BCUT2D eigenvalue weighted by Crippen LogP contribution is 2.63. The van der Waals surface area contributed by atoms with Crippen LogP contribution < -0.4 is 10.6 Å². The average Bonchev–Trinajstić information content (AvgIpc) is 3.60. The Morgan fingerprint density at radius 1 is 0.842 bits per heavy atom. The van der Waals surface area contributed by atoms with E-state index in [2.05, 4.69) is 89.5 Å². The maximum atomic E-state index is 13.3. The molecule has 2 aliphatic carbocycles. The van der Waals surface area contributed by atoms with Crippen LogP contribution in [0.3, 0.4) is 0 Å². The molecule has 3 aliphatic rings. The lowest BCUT2D eigenvalue weighted by atomic mass is 9.68. The zero-order chi connectivity index (χ0) is 25.5. The molecule has 2 saturated carbocycles. The van der Waals surface area contributed by atoms with Gasteiger partial charge >= 0.3 is 0 Å². The quantitative estimate of drug-likeness (QED) is 0.252. The van der Waals surface area contributed by atoms with E-state index < -0.39 is 0 Å². The van der Waals surface area contributed by atoms with E-state index in [-0.39, 0.29) is 5.91 Å². The largest absolute Gasteiger partial charge is 0.378 e. The summed E-state index contributed by atoms with van der Waals surface area (Å²) in [5.41, 5.74) is 6.75. The summed E-state index contributed by atoms with van der Waals surface area (Å²) < 4.78 is 0. The van der Waals surface area contributed by atoms with Crippen molar-refractivity contribution >= 4 is 29.0 Å². The third-order valence-electron chi connectivity index (χ3n) is 8.87. The van der Waals surface area contributed by atoms with Crippen molar-refractivity contribution in [2.24, 2.45) is 17.8 Å². The Hall–Kier alpha value is -3.50. The predicted octanol–water partition coefficient (Wildman–Crippen LogP) is 8.53. The van der Waals surface area contributed by atoms with Crippen molar-refractivity contribution in [2.45, 2.75) is 41.9 Å². The van der Waals surface area contributed by atoms with Crippen LogP contribution in [0.15, 0.2) is 108 Å². The number of fused-ring (bicyclic) bond motifs is 7. The molecule has 1 amide bonds. The first kappa shape index (κ1) is 23.6. The Labute approximate surface area is 229 Å². The predicted molar refractivity (Wildman–Crippen MR) is 157 cm³/mol.